The first-order chi connectivity index (χ1) is 11.6. The fraction of sp³-hybridized carbons (Fsp3) is 0.389. The van der Waals surface area contributed by atoms with Gasteiger partial charge < -0.3 is 15.0 Å². The molecule has 2 aromatic rings. The Balaban J connectivity index is 2.14. The third-order valence-electron chi connectivity index (χ3n) is 3.55. The number of ether oxygens (including phenoxy) is 1. The van der Waals surface area contributed by atoms with E-state index in [9.17, 15) is 4.79 Å². The maximum atomic E-state index is 12.8. The van der Waals surface area contributed by atoms with Gasteiger partial charge in [0, 0.05) is 32.8 Å². The van der Waals surface area contributed by atoms with Gasteiger partial charge >= 0.3 is 0 Å². The Morgan fingerprint density at radius 1 is 1.25 bits per heavy atom. The summed E-state index contributed by atoms with van der Waals surface area (Å²) in [7, 11) is 1.64. The zero-order valence-corrected chi connectivity index (χ0v) is 14.5. The van der Waals surface area contributed by atoms with Crippen LogP contribution in [0.4, 0.5) is 5.82 Å². The van der Waals surface area contributed by atoms with Crippen LogP contribution in [0, 0.1) is 6.92 Å². The monoisotopic (exact) mass is 328 g/mol. The summed E-state index contributed by atoms with van der Waals surface area (Å²) in [5.74, 6) is 1.11. The Hall–Kier alpha value is -2.47. The highest BCUT2D eigenvalue weighted by Crippen LogP contribution is 2.12. The molecule has 0 aliphatic heterocycles. The molecule has 0 saturated heterocycles. The lowest BCUT2D eigenvalue weighted by Gasteiger charge is -2.21. The number of nitrogens with one attached hydrogen (secondary N) is 1. The van der Waals surface area contributed by atoms with Crippen molar-refractivity contribution >= 4 is 11.7 Å². The maximum Gasteiger partial charge on any atom is 0.272 e. The van der Waals surface area contributed by atoms with Crippen molar-refractivity contribution in [2.24, 2.45) is 0 Å². The van der Waals surface area contributed by atoms with Gasteiger partial charge in [0.05, 0.1) is 6.61 Å². The number of carbonyl (C=O) groups excluding carboxylic acids is 1. The van der Waals surface area contributed by atoms with Crippen LogP contribution in [0.2, 0.25) is 0 Å². The van der Waals surface area contributed by atoms with E-state index in [0.717, 1.165) is 5.56 Å². The van der Waals surface area contributed by atoms with Gasteiger partial charge in [0.1, 0.15) is 17.3 Å². The third-order valence-corrected chi connectivity index (χ3v) is 3.55. The summed E-state index contributed by atoms with van der Waals surface area (Å²) in [5.41, 5.74) is 1.50. The molecule has 0 atom stereocenters. The minimum Gasteiger partial charge on any atom is -0.383 e. The molecule has 1 N–H and O–H groups in total. The molecule has 1 aromatic carbocycles. The molecular weight excluding hydrogens is 304 g/mol. The molecule has 0 unspecified atom stereocenters. The molecule has 1 heterocycles. The van der Waals surface area contributed by atoms with Crippen molar-refractivity contribution < 1.29 is 9.53 Å². The van der Waals surface area contributed by atoms with Crippen LogP contribution in [-0.4, -0.2) is 47.6 Å². The van der Waals surface area contributed by atoms with E-state index in [0.29, 0.717) is 43.6 Å². The fourth-order valence-electron chi connectivity index (χ4n) is 2.34. The molecule has 0 aliphatic carbocycles. The number of hydrogen-bond acceptors (Lipinski definition) is 5. The quantitative estimate of drug-likeness (QED) is 0.754. The summed E-state index contributed by atoms with van der Waals surface area (Å²) in [4.78, 5) is 23.2. The number of aromatic nitrogens is 2. The molecule has 0 saturated carbocycles. The first-order valence-corrected chi connectivity index (χ1v) is 8.05. The zero-order chi connectivity index (χ0) is 17.4. The van der Waals surface area contributed by atoms with E-state index in [-0.39, 0.29) is 5.91 Å². The van der Waals surface area contributed by atoms with Gasteiger partial charge in [-0.15, -0.1) is 0 Å². The number of amides is 1. The maximum absolute atomic E-state index is 12.8. The minimum atomic E-state index is -0.0957. The van der Waals surface area contributed by atoms with Gasteiger partial charge in [-0.2, -0.15) is 0 Å². The summed E-state index contributed by atoms with van der Waals surface area (Å²) in [6, 6.07) is 11.6. The molecule has 0 bridgehead atoms. The molecule has 0 fully saturated rings. The molecule has 1 amide bonds. The van der Waals surface area contributed by atoms with E-state index in [1.165, 1.54) is 0 Å². The standard InChI is InChI=1S/C18H24N4O2/c1-4-22(13-15-8-6-5-7-9-15)18(23)16-12-17(19-10-11-24-3)21-14(2)20-16/h5-9,12H,4,10-11,13H2,1-3H3,(H,19,20,21). The molecule has 0 aliphatic rings. The first kappa shape index (κ1) is 17.9. The van der Waals surface area contributed by atoms with Crippen LogP contribution in [-0.2, 0) is 11.3 Å². The van der Waals surface area contributed by atoms with Crippen molar-refractivity contribution in [1.82, 2.24) is 14.9 Å². The number of anilines is 1. The van der Waals surface area contributed by atoms with E-state index < -0.39 is 0 Å². The number of rotatable bonds is 8. The molecule has 2 rings (SSSR count). The molecule has 1 aromatic heterocycles. The second-order valence-corrected chi connectivity index (χ2v) is 5.41. The zero-order valence-electron chi connectivity index (χ0n) is 14.5. The van der Waals surface area contributed by atoms with Crippen LogP contribution in [0.15, 0.2) is 36.4 Å². The Kier molecular flexibility index (Phi) is 6.69. The predicted molar refractivity (Wildman–Crippen MR) is 94.0 cm³/mol. The summed E-state index contributed by atoms with van der Waals surface area (Å²) < 4.78 is 5.01. The molecule has 6 nitrogen and oxygen atoms in total. The smallest absolute Gasteiger partial charge is 0.272 e. The van der Waals surface area contributed by atoms with Gasteiger partial charge in [-0.05, 0) is 19.4 Å². The highest BCUT2D eigenvalue weighted by atomic mass is 16.5. The number of carbonyl (C=O) groups is 1. The first-order valence-electron chi connectivity index (χ1n) is 8.05. The number of benzene rings is 1. The number of hydrogen-bond donors (Lipinski definition) is 1. The summed E-state index contributed by atoms with van der Waals surface area (Å²) >= 11 is 0. The minimum absolute atomic E-state index is 0.0957. The van der Waals surface area contributed by atoms with Crippen LogP contribution in [0.25, 0.3) is 0 Å². The molecule has 128 valence electrons. The van der Waals surface area contributed by atoms with Crippen LogP contribution < -0.4 is 5.32 Å². The number of nitrogens with zero attached hydrogens (tertiary/aromatic N) is 3. The fourth-order valence-corrected chi connectivity index (χ4v) is 2.34. The van der Waals surface area contributed by atoms with Crippen molar-refractivity contribution in [2.75, 3.05) is 32.1 Å². The largest absolute Gasteiger partial charge is 0.383 e. The Morgan fingerprint density at radius 3 is 2.67 bits per heavy atom. The van der Waals surface area contributed by atoms with E-state index in [1.54, 1.807) is 25.0 Å². The van der Waals surface area contributed by atoms with E-state index >= 15 is 0 Å². The average Bonchev–Trinajstić information content (AvgIpc) is 2.60. The predicted octanol–water partition coefficient (Wildman–Crippen LogP) is 2.51. The molecule has 0 spiro atoms. The second-order valence-electron chi connectivity index (χ2n) is 5.41. The van der Waals surface area contributed by atoms with Crippen molar-refractivity contribution in [3.63, 3.8) is 0 Å². The highest BCUT2D eigenvalue weighted by molar-refractivity contribution is 5.93. The normalized spacial score (nSPS) is 10.5. The Labute approximate surface area is 142 Å². The van der Waals surface area contributed by atoms with Crippen molar-refractivity contribution in [3.05, 3.63) is 53.5 Å². The van der Waals surface area contributed by atoms with Gasteiger partial charge in [-0.25, -0.2) is 9.97 Å². The Morgan fingerprint density at radius 2 is 2.00 bits per heavy atom. The summed E-state index contributed by atoms with van der Waals surface area (Å²) in [6.45, 7) is 6.12. The number of aryl methyl sites for hydroxylation is 1. The van der Waals surface area contributed by atoms with Gasteiger partial charge in [0.15, 0.2) is 0 Å². The van der Waals surface area contributed by atoms with Crippen LogP contribution in [0.3, 0.4) is 0 Å². The van der Waals surface area contributed by atoms with E-state index in [4.69, 9.17) is 4.74 Å². The SMILES string of the molecule is CCN(Cc1ccccc1)C(=O)c1cc(NCCOC)nc(C)n1. The Bertz CT molecular complexity index is 661. The van der Waals surface area contributed by atoms with Crippen LogP contribution in [0.5, 0.6) is 0 Å². The lowest BCUT2D eigenvalue weighted by Crippen LogP contribution is -2.31. The topological polar surface area (TPSA) is 67.4 Å². The summed E-state index contributed by atoms with van der Waals surface area (Å²) in [5, 5.41) is 3.14. The molecule has 6 heteroatoms. The van der Waals surface area contributed by atoms with Crippen LogP contribution in [0.1, 0.15) is 28.8 Å². The lowest BCUT2D eigenvalue weighted by molar-refractivity contribution is 0.0746. The van der Waals surface area contributed by atoms with Crippen molar-refractivity contribution in [2.45, 2.75) is 20.4 Å². The van der Waals surface area contributed by atoms with Crippen LogP contribution >= 0.6 is 0 Å². The van der Waals surface area contributed by atoms with Crippen molar-refractivity contribution in [1.29, 1.82) is 0 Å². The van der Waals surface area contributed by atoms with Gasteiger partial charge in [0.25, 0.3) is 5.91 Å². The average molecular weight is 328 g/mol. The molecule has 0 radical (unpaired) electrons. The highest BCUT2D eigenvalue weighted by Gasteiger charge is 2.17. The second kappa shape index (κ2) is 8.98. The third kappa shape index (κ3) is 5.03. The van der Waals surface area contributed by atoms with Gasteiger partial charge in [-0.3, -0.25) is 4.79 Å². The molecule has 24 heavy (non-hydrogen) atoms. The van der Waals surface area contributed by atoms with Gasteiger partial charge in [0.2, 0.25) is 0 Å². The molecular formula is C18H24N4O2. The number of methoxy groups -OCH3 is 1. The van der Waals surface area contributed by atoms with E-state index in [2.05, 4.69) is 15.3 Å². The summed E-state index contributed by atoms with van der Waals surface area (Å²) in [6.07, 6.45) is 0. The van der Waals surface area contributed by atoms with Crippen molar-refractivity contribution in [3.8, 4) is 0 Å². The van der Waals surface area contributed by atoms with Gasteiger partial charge in [-0.1, -0.05) is 30.3 Å². The lowest BCUT2D eigenvalue weighted by atomic mass is 10.2. The van der Waals surface area contributed by atoms with E-state index in [1.807, 2.05) is 37.3 Å².